The van der Waals surface area contributed by atoms with Gasteiger partial charge in [-0.25, -0.2) is 0 Å². The molecule has 0 aliphatic rings. The van der Waals surface area contributed by atoms with Crippen LogP contribution < -0.4 is 5.32 Å². The smallest absolute Gasteiger partial charge is 0.262 e. The quantitative estimate of drug-likeness (QED) is 0.614. The molecule has 0 aliphatic heterocycles. The molecule has 0 aliphatic carbocycles. The molecule has 2 N–H and O–H groups in total. The lowest BCUT2D eigenvalue weighted by Crippen LogP contribution is -2.30. The number of benzene rings is 1. The number of carbonyl (C=O) groups excluding carboxylic acids is 1. The summed E-state index contributed by atoms with van der Waals surface area (Å²) in [7, 11) is 0. The van der Waals surface area contributed by atoms with Gasteiger partial charge in [0, 0.05) is 6.04 Å². The minimum absolute atomic E-state index is 0.0179. The van der Waals surface area contributed by atoms with Gasteiger partial charge in [-0.3, -0.25) is 4.79 Å². The number of nitrogens with one attached hydrogen (secondary N) is 1. The number of carbonyl (C=O) groups is 1. The van der Waals surface area contributed by atoms with Gasteiger partial charge in [-0.05, 0) is 37.6 Å². The fraction of sp³-hybridized carbons (Fsp3) is 0.231. The van der Waals surface area contributed by atoms with Gasteiger partial charge in [-0.1, -0.05) is 12.1 Å². The third-order valence-electron chi connectivity index (χ3n) is 1.97. The van der Waals surface area contributed by atoms with Crippen LogP contribution in [0.3, 0.4) is 0 Å². The number of amides is 1. The summed E-state index contributed by atoms with van der Waals surface area (Å²) in [5.41, 5.74) is 0.629. The standard InChI is InChI=1S/C13H14N2O2/c1-9(2)15-13(17)11(8-14)6-10-4-3-5-12(16)7-10/h3-7,9,16H,1-2H3,(H,15,17)/b11-6+. The van der Waals surface area contributed by atoms with E-state index >= 15 is 0 Å². The summed E-state index contributed by atoms with van der Waals surface area (Å²) in [6.07, 6.45) is 1.44. The molecule has 17 heavy (non-hydrogen) atoms. The summed E-state index contributed by atoms with van der Waals surface area (Å²) >= 11 is 0. The molecule has 0 aromatic heterocycles. The van der Waals surface area contributed by atoms with Crippen LogP contribution in [0.15, 0.2) is 29.8 Å². The van der Waals surface area contributed by atoms with E-state index in [-0.39, 0.29) is 17.4 Å². The Bertz CT molecular complexity index is 484. The summed E-state index contributed by atoms with van der Waals surface area (Å²) < 4.78 is 0. The van der Waals surface area contributed by atoms with Crippen LogP contribution in [0, 0.1) is 11.3 Å². The van der Waals surface area contributed by atoms with Crippen LogP contribution in [0.5, 0.6) is 5.75 Å². The van der Waals surface area contributed by atoms with Crippen molar-refractivity contribution in [2.75, 3.05) is 0 Å². The van der Waals surface area contributed by atoms with Gasteiger partial charge in [0.25, 0.3) is 5.91 Å². The molecule has 4 nitrogen and oxygen atoms in total. The Hall–Kier alpha value is -2.28. The number of hydrogen-bond acceptors (Lipinski definition) is 3. The normalized spacial score (nSPS) is 11.1. The van der Waals surface area contributed by atoms with E-state index in [1.807, 2.05) is 19.9 Å². The van der Waals surface area contributed by atoms with Crippen LogP contribution in [0.1, 0.15) is 19.4 Å². The highest BCUT2D eigenvalue weighted by Crippen LogP contribution is 2.14. The van der Waals surface area contributed by atoms with Crippen molar-refractivity contribution >= 4 is 12.0 Å². The monoisotopic (exact) mass is 230 g/mol. The van der Waals surface area contributed by atoms with Gasteiger partial charge in [0.1, 0.15) is 17.4 Å². The summed E-state index contributed by atoms with van der Waals surface area (Å²) in [6, 6.07) is 8.19. The third kappa shape index (κ3) is 3.99. The molecule has 0 unspecified atom stereocenters. The lowest BCUT2D eigenvalue weighted by molar-refractivity contribution is -0.117. The van der Waals surface area contributed by atoms with E-state index in [2.05, 4.69) is 5.32 Å². The summed E-state index contributed by atoms with van der Waals surface area (Å²) in [6.45, 7) is 3.64. The number of hydrogen-bond donors (Lipinski definition) is 2. The van der Waals surface area contributed by atoms with Gasteiger partial charge in [0.15, 0.2) is 0 Å². The topological polar surface area (TPSA) is 73.1 Å². The van der Waals surface area contributed by atoms with Gasteiger partial charge in [-0.2, -0.15) is 5.26 Å². The molecule has 0 saturated heterocycles. The van der Waals surface area contributed by atoms with E-state index in [9.17, 15) is 9.90 Å². The van der Waals surface area contributed by atoms with Crippen molar-refractivity contribution in [2.45, 2.75) is 19.9 Å². The first-order chi connectivity index (χ1) is 8.02. The highest BCUT2D eigenvalue weighted by Gasteiger charge is 2.09. The fourth-order valence-electron chi connectivity index (χ4n) is 1.27. The summed E-state index contributed by atoms with van der Waals surface area (Å²) in [5.74, 6) is -0.314. The minimum Gasteiger partial charge on any atom is -0.508 e. The molecule has 0 saturated carbocycles. The van der Waals surface area contributed by atoms with Crippen molar-refractivity contribution < 1.29 is 9.90 Å². The summed E-state index contributed by atoms with van der Waals surface area (Å²) in [4.78, 5) is 11.6. The van der Waals surface area contributed by atoms with Gasteiger partial charge >= 0.3 is 0 Å². The molecule has 88 valence electrons. The average molecular weight is 230 g/mol. The minimum atomic E-state index is -0.411. The number of phenolic OH excluding ortho intramolecular Hbond substituents is 1. The zero-order chi connectivity index (χ0) is 12.8. The molecule has 1 rings (SSSR count). The Morgan fingerprint density at radius 2 is 2.24 bits per heavy atom. The molecular formula is C13H14N2O2. The predicted octanol–water partition coefficient (Wildman–Crippen LogP) is 1.82. The Balaban J connectivity index is 2.95. The van der Waals surface area contributed by atoms with E-state index in [0.29, 0.717) is 5.56 Å². The largest absolute Gasteiger partial charge is 0.508 e. The number of aromatic hydroxyl groups is 1. The van der Waals surface area contributed by atoms with E-state index in [1.165, 1.54) is 18.2 Å². The van der Waals surface area contributed by atoms with Gasteiger partial charge in [0.05, 0.1) is 0 Å². The molecule has 0 heterocycles. The van der Waals surface area contributed by atoms with E-state index in [1.54, 1.807) is 12.1 Å². The van der Waals surface area contributed by atoms with Gasteiger partial charge in [-0.15, -0.1) is 0 Å². The first kappa shape index (κ1) is 12.8. The maximum atomic E-state index is 11.6. The molecule has 0 fully saturated rings. The molecule has 1 amide bonds. The van der Waals surface area contributed by atoms with Crippen LogP contribution >= 0.6 is 0 Å². The Morgan fingerprint density at radius 3 is 2.76 bits per heavy atom. The highest BCUT2D eigenvalue weighted by atomic mass is 16.3. The first-order valence-electron chi connectivity index (χ1n) is 5.24. The lowest BCUT2D eigenvalue weighted by Gasteiger charge is -2.06. The second-order valence-electron chi connectivity index (χ2n) is 3.89. The van der Waals surface area contributed by atoms with Crippen LogP contribution in [-0.4, -0.2) is 17.1 Å². The van der Waals surface area contributed by atoms with E-state index in [0.717, 1.165) is 0 Å². The maximum absolute atomic E-state index is 11.6. The number of nitrogens with zero attached hydrogens (tertiary/aromatic N) is 1. The van der Waals surface area contributed by atoms with Gasteiger partial charge in [0.2, 0.25) is 0 Å². The Labute approximate surface area is 100 Å². The molecule has 0 spiro atoms. The SMILES string of the molecule is CC(C)NC(=O)/C(C#N)=C/c1cccc(O)c1. The Morgan fingerprint density at radius 1 is 1.53 bits per heavy atom. The van der Waals surface area contributed by atoms with Crippen molar-refractivity contribution in [1.82, 2.24) is 5.32 Å². The molecule has 1 aromatic rings. The van der Waals surface area contributed by atoms with Crippen LogP contribution in [0.25, 0.3) is 6.08 Å². The zero-order valence-corrected chi connectivity index (χ0v) is 9.77. The molecular weight excluding hydrogens is 216 g/mol. The maximum Gasteiger partial charge on any atom is 0.262 e. The lowest BCUT2D eigenvalue weighted by atomic mass is 10.1. The van der Waals surface area contributed by atoms with Crippen molar-refractivity contribution in [3.8, 4) is 11.8 Å². The highest BCUT2D eigenvalue weighted by molar-refractivity contribution is 6.01. The summed E-state index contributed by atoms with van der Waals surface area (Å²) in [5, 5.41) is 20.8. The second kappa shape index (κ2) is 5.71. The van der Waals surface area contributed by atoms with Crippen molar-refractivity contribution in [3.05, 3.63) is 35.4 Å². The molecule has 1 aromatic carbocycles. The van der Waals surface area contributed by atoms with Crippen LogP contribution in [0.2, 0.25) is 0 Å². The van der Waals surface area contributed by atoms with Crippen LogP contribution in [-0.2, 0) is 4.79 Å². The first-order valence-corrected chi connectivity index (χ1v) is 5.24. The zero-order valence-electron chi connectivity index (χ0n) is 9.77. The fourth-order valence-corrected chi connectivity index (χ4v) is 1.27. The van der Waals surface area contributed by atoms with E-state index in [4.69, 9.17) is 5.26 Å². The molecule has 0 radical (unpaired) electrons. The van der Waals surface area contributed by atoms with E-state index < -0.39 is 5.91 Å². The molecule has 0 atom stereocenters. The molecule has 0 bridgehead atoms. The van der Waals surface area contributed by atoms with Crippen molar-refractivity contribution in [3.63, 3.8) is 0 Å². The third-order valence-corrected chi connectivity index (χ3v) is 1.97. The van der Waals surface area contributed by atoms with Crippen molar-refractivity contribution in [1.29, 1.82) is 5.26 Å². The van der Waals surface area contributed by atoms with Crippen molar-refractivity contribution in [2.24, 2.45) is 0 Å². The number of rotatable bonds is 3. The predicted molar refractivity (Wildman–Crippen MR) is 65.0 cm³/mol. The second-order valence-corrected chi connectivity index (χ2v) is 3.89. The van der Waals surface area contributed by atoms with Crippen LogP contribution in [0.4, 0.5) is 0 Å². The Kier molecular flexibility index (Phi) is 4.29. The number of nitriles is 1. The number of phenols is 1. The molecule has 4 heteroatoms. The average Bonchev–Trinajstić information content (AvgIpc) is 2.24. The van der Waals surface area contributed by atoms with Gasteiger partial charge < -0.3 is 10.4 Å².